The zero-order valence-electron chi connectivity index (χ0n) is 7.62. The molecule has 0 aromatic heterocycles. The Hall–Kier alpha value is -1.44. The van der Waals surface area contributed by atoms with E-state index in [1.807, 2.05) is 4.72 Å². The Labute approximate surface area is 86.8 Å². The molecule has 0 fully saturated rings. The maximum absolute atomic E-state index is 11.5. The van der Waals surface area contributed by atoms with E-state index < -0.39 is 22.2 Å². The van der Waals surface area contributed by atoms with Gasteiger partial charge in [-0.3, -0.25) is 0 Å². The zero-order chi connectivity index (χ0) is 11.5. The van der Waals surface area contributed by atoms with Gasteiger partial charge in [-0.05, 0) is 12.1 Å². The van der Waals surface area contributed by atoms with Gasteiger partial charge in [0.05, 0.1) is 4.90 Å². The highest BCUT2D eigenvalue weighted by Crippen LogP contribution is 2.06. The summed E-state index contributed by atoms with van der Waals surface area (Å²) >= 11 is 0. The van der Waals surface area contributed by atoms with Crippen molar-refractivity contribution in [2.24, 2.45) is 5.73 Å². The maximum atomic E-state index is 11.5. The van der Waals surface area contributed by atoms with Crippen LogP contribution in [0.2, 0.25) is 0 Å². The van der Waals surface area contributed by atoms with Crippen molar-refractivity contribution in [3.05, 3.63) is 30.3 Å². The summed E-state index contributed by atoms with van der Waals surface area (Å²) in [6.45, 7) is 0. The number of hydrogen-bond donors (Lipinski definition) is 3. The molecule has 15 heavy (non-hydrogen) atoms. The molecule has 4 N–H and O–H groups in total. The Bertz CT molecular complexity index is 443. The van der Waals surface area contributed by atoms with Crippen LogP contribution in [0, 0.1) is 0 Å². The number of nitrogens with one attached hydrogen (secondary N) is 1. The lowest BCUT2D eigenvalue weighted by Crippen LogP contribution is -2.47. The van der Waals surface area contributed by atoms with Crippen molar-refractivity contribution in [1.29, 1.82) is 0 Å². The molecule has 0 aliphatic heterocycles. The molecule has 0 radical (unpaired) electrons. The van der Waals surface area contributed by atoms with Crippen LogP contribution in [0.4, 0.5) is 0 Å². The number of benzene rings is 1. The quantitative estimate of drug-likeness (QED) is 0.594. The molecular weight excluding hydrogens is 220 g/mol. The van der Waals surface area contributed by atoms with Gasteiger partial charge in [-0.2, -0.15) is 4.72 Å². The van der Waals surface area contributed by atoms with Gasteiger partial charge in [0.2, 0.25) is 10.0 Å². The van der Waals surface area contributed by atoms with Gasteiger partial charge in [-0.15, -0.1) is 0 Å². The van der Waals surface area contributed by atoms with Gasteiger partial charge in [0.25, 0.3) is 0 Å². The molecule has 0 spiro atoms. The standard InChI is InChI=1S/C8H10N2O4S/c9-7(8(11)12)10-15(13,14)6-4-2-1-3-5-6/h1-5,7,10H,9H2,(H,11,12). The first-order valence-corrected chi connectivity index (χ1v) is 5.47. The lowest BCUT2D eigenvalue weighted by atomic mass is 10.4. The first kappa shape index (κ1) is 11.6. The summed E-state index contributed by atoms with van der Waals surface area (Å²) in [5.41, 5.74) is 5.05. The van der Waals surface area contributed by atoms with Crippen LogP contribution in [-0.2, 0) is 14.8 Å². The summed E-state index contributed by atoms with van der Waals surface area (Å²) < 4.78 is 24.8. The minimum absolute atomic E-state index is 0.0262. The molecule has 6 nitrogen and oxygen atoms in total. The zero-order valence-corrected chi connectivity index (χ0v) is 8.44. The molecule has 1 rings (SSSR count). The van der Waals surface area contributed by atoms with E-state index in [1.165, 1.54) is 24.3 Å². The molecule has 0 aliphatic carbocycles. The third-order valence-electron chi connectivity index (χ3n) is 1.60. The van der Waals surface area contributed by atoms with Crippen LogP contribution in [0.25, 0.3) is 0 Å². The van der Waals surface area contributed by atoms with Crippen molar-refractivity contribution in [3.63, 3.8) is 0 Å². The molecule has 0 aliphatic rings. The Morgan fingerprint density at radius 3 is 2.33 bits per heavy atom. The van der Waals surface area contributed by atoms with Crippen molar-refractivity contribution in [2.45, 2.75) is 11.1 Å². The van der Waals surface area contributed by atoms with E-state index in [0.29, 0.717) is 0 Å². The van der Waals surface area contributed by atoms with Gasteiger partial charge in [0.1, 0.15) is 0 Å². The van der Waals surface area contributed by atoms with Crippen molar-refractivity contribution in [2.75, 3.05) is 0 Å². The fraction of sp³-hybridized carbons (Fsp3) is 0.125. The predicted octanol–water partition coefficient (Wildman–Crippen LogP) is -0.666. The minimum Gasteiger partial charge on any atom is -0.479 e. The number of hydrogen-bond acceptors (Lipinski definition) is 4. The monoisotopic (exact) mass is 230 g/mol. The molecule has 82 valence electrons. The average molecular weight is 230 g/mol. The molecule has 1 aromatic rings. The van der Waals surface area contributed by atoms with Gasteiger partial charge >= 0.3 is 5.97 Å². The highest BCUT2D eigenvalue weighted by Gasteiger charge is 2.21. The van der Waals surface area contributed by atoms with E-state index in [-0.39, 0.29) is 4.90 Å². The second-order valence-corrected chi connectivity index (χ2v) is 4.46. The van der Waals surface area contributed by atoms with Crippen molar-refractivity contribution < 1.29 is 18.3 Å². The molecule has 0 bridgehead atoms. The molecule has 7 heteroatoms. The van der Waals surface area contributed by atoms with Crippen LogP contribution in [0.15, 0.2) is 35.2 Å². The summed E-state index contributed by atoms with van der Waals surface area (Å²) in [6, 6.07) is 7.39. The molecule has 1 unspecified atom stereocenters. The summed E-state index contributed by atoms with van der Waals surface area (Å²) in [6.07, 6.45) is -1.64. The van der Waals surface area contributed by atoms with Gasteiger partial charge < -0.3 is 10.8 Å². The van der Waals surface area contributed by atoms with E-state index in [4.69, 9.17) is 10.8 Å². The van der Waals surface area contributed by atoms with Gasteiger partial charge in [-0.1, -0.05) is 18.2 Å². The fourth-order valence-corrected chi connectivity index (χ4v) is 1.97. The third-order valence-corrected chi connectivity index (χ3v) is 3.06. The summed E-state index contributed by atoms with van der Waals surface area (Å²) in [5.74, 6) is -1.44. The predicted molar refractivity (Wildman–Crippen MR) is 52.4 cm³/mol. The highest BCUT2D eigenvalue weighted by molar-refractivity contribution is 7.89. The first-order valence-electron chi connectivity index (χ1n) is 3.99. The van der Waals surface area contributed by atoms with E-state index in [0.717, 1.165) is 0 Å². The molecule has 0 amide bonds. The Balaban J connectivity index is 2.91. The number of carboxylic acid groups (broad SMARTS) is 1. The molecule has 0 saturated carbocycles. The number of carboxylic acids is 1. The SMILES string of the molecule is NC(NS(=O)(=O)c1ccccc1)C(=O)O. The van der Waals surface area contributed by atoms with Gasteiger partial charge in [-0.25, -0.2) is 13.2 Å². The Kier molecular flexibility index (Phi) is 3.40. The molecule has 0 saturated heterocycles. The maximum Gasteiger partial charge on any atom is 0.336 e. The molecule has 0 heterocycles. The van der Waals surface area contributed by atoms with Crippen LogP contribution in [0.1, 0.15) is 0 Å². The van der Waals surface area contributed by atoms with Crippen LogP contribution < -0.4 is 10.5 Å². The molecule has 1 atom stereocenters. The van der Waals surface area contributed by atoms with Crippen molar-refractivity contribution in [3.8, 4) is 0 Å². The normalized spacial score (nSPS) is 13.4. The number of carbonyl (C=O) groups is 1. The van der Waals surface area contributed by atoms with Crippen molar-refractivity contribution in [1.82, 2.24) is 4.72 Å². The highest BCUT2D eigenvalue weighted by atomic mass is 32.2. The van der Waals surface area contributed by atoms with Crippen molar-refractivity contribution >= 4 is 16.0 Å². The lowest BCUT2D eigenvalue weighted by Gasteiger charge is -2.09. The van der Waals surface area contributed by atoms with Gasteiger partial charge in [0, 0.05) is 0 Å². The van der Waals surface area contributed by atoms with Crippen LogP contribution in [0.3, 0.4) is 0 Å². The van der Waals surface area contributed by atoms with Crippen LogP contribution >= 0.6 is 0 Å². The third kappa shape index (κ3) is 3.01. The number of aliphatic carboxylic acids is 1. The van der Waals surface area contributed by atoms with E-state index in [9.17, 15) is 13.2 Å². The van der Waals surface area contributed by atoms with Gasteiger partial charge in [0.15, 0.2) is 6.17 Å². The number of nitrogens with two attached hydrogens (primary N) is 1. The second-order valence-electron chi connectivity index (χ2n) is 2.75. The topological polar surface area (TPSA) is 109 Å². The Morgan fingerprint density at radius 2 is 1.87 bits per heavy atom. The van der Waals surface area contributed by atoms with Crippen LogP contribution in [0.5, 0.6) is 0 Å². The number of rotatable bonds is 4. The fourth-order valence-electron chi connectivity index (χ4n) is 0.885. The van der Waals surface area contributed by atoms with E-state index >= 15 is 0 Å². The average Bonchev–Trinajstić information content (AvgIpc) is 2.18. The van der Waals surface area contributed by atoms with Crippen LogP contribution in [-0.4, -0.2) is 25.7 Å². The summed E-state index contributed by atoms with van der Waals surface area (Å²) in [4.78, 5) is 10.3. The number of sulfonamides is 1. The summed E-state index contributed by atoms with van der Waals surface area (Å²) in [5, 5.41) is 8.44. The molecule has 1 aromatic carbocycles. The Morgan fingerprint density at radius 1 is 1.33 bits per heavy atom. The second kappa shape index (κ2) is 4.39. The molecular formula is C8H10N2O4S. The largest absolute Gasteiger partial charge is 0.479 e. The smallest absolute Gasteiger partial charge is 0.336 e. The van der Waals surface area contributed by atoms with E-state index in [2.05, 4.69) is 0 Å². The first-order chi connectivity index (χ1) is 6.93. The lowest BCUT2D eigenvalue weighted by molar-refractivity contribution is -0.138. The summed E-state index contributed by atoms with van der Waals surface area (Å²) in [7, 11) is -3.86. The van der Waals surface area contributed by atoms with E-state index in [1.54, 1.807) is 6.07 Å². The minimum atomic E-state index is -3.86.